The predicted octanol–water partition coefficient (Wildman–Crippen LogP) is 5.30. The molecular weight excluding hydrogens is 316 g/mol. The number of aliphatic hydroxyl groups is 2. The number of carboxylic acid groups (broad SMARTS) is 1. The van der Waals surface area contributed by atoms with Crippen LogP contribution in [0.2, 0.25) is 0 Å². The van der Waals surface area contributed by atoms with Crippen molar-refractivity contribution < 1.29 is 20.1 Å². The molecule has 0 aromatic carbocycles. The standard InChI is InChI=1S/C21H42O4/c1-2-3-4-5-8-11-14-19(17-20(23)18-22)15-12-9-6-7-10-13-16-21(24)25/h19-20,22-23H,2-18H2,1H3,(H,24,25). The highest BCUT2D eigenvalue weighted by Crippen LogP contribution is 2.23. The van der Waals surface area contributed by atoms with Crippen LogP contribution >= 0.6 is 0 Å². The largest absolute Gasteiger partial charge is 0.481 e. The molecule has 0 heterocycles. The summed E-state index contributed by atoms with van der Waals surface area (Å²) in [5.41, 5.74) is 0. The summed E-state index contributed by atoms with van der Waals surface area (Å²) in [4.78, 5) is 10.4. The summed E-state index contributed by atoms with van der Waals surface area (Å²) < 4.78 is 0. The van der Waals surface area contributed by atoms with E-state index in [2.05, 4.69) is 6.92 Å². The van der Waals surface area contributed by atoms with Crippen molar-refractivity contribution >= 4 is 5.97 Å². The van der Waals surface area contributed by atoms with Crippen molar-refractivity contribution in [3.63, 3.8) is 0 Å². The summed E-state index contributed by atoms with van der Waals surface area (Å²) in [6, 6.07) is 0. The summed E-state index contributed by atoms with van der Waals surface area (Å²) in [7, 11) is 0. The van der Waals surface area contributed by atoms with Crippen molar-refractivity contribution in [2.75, 3.05) is 6.61 Å². The zero-order valence-corrected chi connectivity index (χ0v) is 16.4. The molecule has 0 aromatic heterocycles. The lowest BCUT2D eigenvalue weighted by Gasteiger charge is -2.19. The molecular formula is C21H42O4. The summed E-state index contributed by atoms with van der Waals surface area (Å²) in [5, 5.41) is 27.4. The molecule has 2 unspecified atom stereocenters. The van der Waals surface area contributed by atoms with Crippen molar-refractivity contribution in [3.05, 3.63) is 0 Å². The third-order valence-electron chi connectivity index (χ3n) is 5.04. The van der Waals surface area contributed by atoms with E-state index in [0.717, 1.165) is 32.1 Å². The zero-order chi connectivity index (χ0) is 18.8. The highest BCUT2D eigenvalue weighted by atomic mass is 16.4. The second-order valence-corrected chi connectivity index (χ2v) is 7.55. The summed E-state index contributed by atoms with van der Waals surface area (Å²) in [6.07, 6.45) is 17.0. The number of hydrogen-bond donors (Lipinski definition) is 3. The number of aliphatic hydroxyl groups excluding tert-OH is 2. The van der Waals surface area contributed by atoms with E-state index in [4.69, 9.17) is 10.2 Å². The van der Waals surface area contributed by atoms with Crippen LogP contribution in [0.25, 0.3) is 0 Å². The van der Waals surface area contributed by atoms with Crippen molar-refractivity contribution in [1.29, 1.82) is 0 Å². The first-order chi connectivity index (χ1) is 12.1. The van der Waals surface area contributed by atoms with Gasteiger partial charge in [-0.05, 0) is 18.8 Å². The monoisotopic (exact) mass is 358 g/mol. The average molecular weight is 359 g/mol. The van der Waals surface area contributed by atoms with Crippen LogP contribution in [-0.2, 0) is 4.79 Å². The molecule has 0 aromatic rings. The first-order valence-corrected chi connectivity index (χ1v) is 10.6. The number of aliphatic carboxylic acids is 1. The van der Waals surface area contributed by atoms with Crippen molar-refractivity contribution in [3.8, 4) is 0 Å². The van der Waals surface area contributed by atoms with E-state index >= 15 is 0 Å². The zero-order valence-electron chi connectivity index (χ0n) is 16.4. The Morgan fingerprint density at radius 3 is 1.76 bits per heavy atom. The van der Waals surface area contributed by atoms with E-state index in [9.17, 15) is 9.90 Å². The van der Waals surface area contributed by atoms with Gasteiger partial charge in [0.2, 0.25) is 0 Å². The van der Waals surface area contributed by atoms with Gasteiger partial charge in [-0.15, -0.1) is 0 Å². The molecule has 0 saturated carbocycles. The Bertz CT molecular complexity index is 294. The second-order valence-electron chi connectivity index (χ2n) is 7.55. The quantitative estimate of drug-likeness (QED) is 0.274. The number of hydrogen-bond acceptors (Lipinski definition) is 3. The third-order valence-corrected chi connectivity index (χ3v) is 5.04. The van der Waals surface area contributed by atoms with Crippen LogP contribution in [0.4, 0.5) is 0 Å². The van der Waals surface area contributed by atoms with E-state index in [1.165, 1.54) is 64.2 Å². The molecule has 0 fully saturated rings. The molecule has 0 aliphatic heterocycles. The van der Waals surface area contributed by atoms with Crippen molar-refractivity contribution in [1.82, 2.24) is 0 Å². The fraction of sp³-hybridized carbons (Fsp3) is 0.952. The lowest BCUT2D eigenvalue weighted by molar-refractivity contribution is -0.137. The fourth-order valence-electron chi connectivity index (χ4n) is 3.47. The van der Waals surface area contributed by atoms with Gasteiger partial charge in [0.1, 0.15) is 0 Å². The molecule has 0 amide bonds. The van der Waals surface area contributed by atoms with Gasteiger partial charge in [-0.3, -0.25) is 4.79 Å². The minimum atomic E-state index is -0.694. The topological polar surface area (TPSA) is 77.8 Å². The molecule has 4 nitrogen and oxygen atoms in total. The van der Waals surface area contributed by atoms with Crippen molar-refractivity contribution in [2.45, 2.75) is 116 Å². The van der Waals surface area contributed by atoms with E-state index in [0.29, 0.717) is 12.3 Å². The molecule has 0 saturated heterocycles. The minimum absolute atomic E-state index is 0.128. The maximum Gasteiger partial charge on any atom is 0.303 e. The SMILES string of the molecule is CCCCCCCCC(CCCCCCCCC(=O)O)CC(O)CO. The van der Waals surface area contributed by atoms with Crippen LogP contribution in [0.15, 0.2) is 0 Å². The summed E-state index contributed by atoms with van der Waals surface area (Å²) in [6.45, 7) is 2.11. The van der Waals surface area contributed by atoms with Crippen LogP contribution < -0.4 is 0 Å². The van der Waals surface area contributed by atoms with Gasteiger partial charge in [0.05, 0.1) is 12.7 Å². The van der Waals surface area contributed by atoms with Crippen molar-refractivity contribution in [2.24, 2.45) is 5.92 Å². The van der Waals surface area contributed by atoms with Crippen LogP contribution in [-0.4, -0.2) is 34.0 Å². The van der Waals surface area contributed by atoms with Gasteiger partial charge < -0.3 is 15.3 Å². The number of carboxylic acids is 1. The highest BCUT2D eigenvalue weighted by Gasteiger charge is 2.13. The average Bonchev–Trinajstić information content (AvgIpc) is 2.59. The van der Waals surface area contributed by atoms with Gasteiger partial charge in [-0.1, -0.05) is 90.4 Å². The van der Waals surface area contributed by atoms with Crippen LogP contribution in [0.1, 0.15) is 110 Å². The molecule has 0 spiro atoms. The maximum absolute atomic E-state index is 10.4. The molecule has 150 valence electrons. The lowest BCUT2D eigenvalue weighted by atomic mass is 9.89. The van der Waals surface area contributed by atoms with Crippen LogP contribution in [0.3, 0.4) is 0 Å². The second kappa shape index (κ2) is 18.2. The van der Waals surface area contributed by atoms with E-state index < -0.39 is 12.1 Å². The summed E-state index contributed by atoms with van der Waals surface area (Å²) >= 11 is 0. The minimum Gasteiger partial charge on any atom is -0.481 e. The third kappa shape index (κ3) is 18.0. The Labute approximate surface area is 155 Å². The molecule has 4 heteroatoms. The number of rotatable bonds is 19. The maximum atomic E-state index is 10.4. The molecule has 3 N–H and O–H groups in total. The Balaban J connectivity index is 3.74. The van der Waals surface area contributed by atoms with Crippen LogP contribution in [0, 0.1) is 5.92 Å². The molecule has 0 aliphatic carbocycles. The first kappa shape index (κ1) is 24.4. The Kier molecular flexibility index (Phi) is 17.7. The van der Waals surface area contributed by atoms with Gasteiger partial charge in [0, 0.05) is 6.42 Å². The fourth-order valence-corrected chi connectivity index (χ4v) is 3.47. The molecule has 0 aliphatic rings. The van der Waals surface area contributed by atoms with Crippen LogP contribution in [0.5, 0.6) is 0 Å². The van der Waals surface area contributed by atoms with Gasteiger partial charge >= 0.3 is 5.97 Å². The smallest absolute Gasteiger partial charge is 0.303 e. The Morgan fingerprint density at radius 1 is 0.800 bits per heavy atom. The van der Waals surface area contributed by atoms with Gasteiger partial charge in [0.25, 0.3) is 0 Å². The number of unbranched alkanes of at least 4 members (excludes halogenated alkanes) is 10. The van der Waals surface area contributed by atoms with E-state index in [1.54, 1.807) is 0 Å². The Morgan fingerprint density at radius 2 is 1.28 bits per heavy atom. The number of carbonyl (C=O) groups is 1. The molecule has 0 rings (SSSR count). The predicted molar refractivity (Wildman–Crippen MR) is 104 cm³/mol. The van der Waals surface area contributed by atoms with E-state index in [-0.39, 0.29) is 6.61 Å². The highest BCUT2D eigenvalue weighted by molar-refractivity contribution is 5.66. The normalized spacial score (nSPS) is 13.7. The van der Waals surface area contributed by atoms with Gasteiger partial charge in [0.15, 0.2) is 0 Å². The van der Waals surface area contributed by atoms with E-state index in [1.807, 2.05) is 0 Å². The lowest BCUT2D eigenvalue weighted by Crippen LogP contribution is -2.17. The first-order valence-electron chi connectivity index (χ1n) is 10.6. The Hall–Kier alpha value is -0.610. The van der Waals surface area contributed by atoms with Gasteiger partial charge in [-0.25, -0.2) is 0 Å². The summed E-state index contributed by atoms with van der Waals surface area (Å²) in [5.74, 6) is -0.166. The molecule has 25 heavy (non-hydrogen) atoms. The van der Waals surface area contributed by atoms with Gasteiger partial charge in [-0.2, -0.15) is 0 Å². The molecule has 0 bridgehead atoms. The molecule has 0 radical (unpaired) electrons. The molecule has 2 atom stereocenters.